The minimum atomic E-state index is 0.160. The Morgan fingerprint density at radius 3 is 2.84 bits per heavy atom. The molecule has 0 aliphatic heterocycles. The predicted octanol–water partition coefficient (Wildman–Crippen LogP) is 3.19. The van der Waals surface area contributed by atoms with Gasteiger partial charge in [0.25, 0.3) is 0 Å². The molecule has 3 nitrogen and oxygen atoms in total. The van der Waals surface area contributed by atoms with E-state index in [0.29, 0.717) is 12.3 Å². The maximum Gasteiger partial charge on any atom is 0.220 e. The van der Waals surface area contributed by atoms with E-state index in [1.807, 2.05) is 0 Å². The molecule has 1 amide bonds. The molecule has 0 aliphatic rings. The lowest BCUT2D eigenvalue weighted by atomic mass is 10.1. The van der Waals surface area contributed by atoms with Gasteiger partial charge in [-0.15, -0.1) is 0 Å². The van der Waals surface area contributed by atoms with E-state index in [-0.39, 0.29) is 5.91 Å². The zero-order valence-corrected chi connectivity index (χ0v) is 11.7. The molecule has 0 unspecified atom stereocenters. The maximum absolute atomic E-state index is 11.5. The normalized spacial score (nSPS) is 11.1. The Kier molecular flexibility index (Phi) is 4.61. The van der Waals surface area contributed by atoms with Gasteiger partial charge in [-0.25, -0.2) is 0 Å². The number of aromatic nitrogens is 1. The second-order valence-corrected chi connectivity index (χ2v) is 5.37. The number of aryl methyl sites for hydroxylation is 1. The molecule has 0 spiro atoms. The second kappa shape index (κ2) is 6.41. The van der Waals surface area contributed by atoms with Gasteiger partial charge in [0.15, 0.2) is 0 Å². The summed E-state index contributed by atoms with van der Waals surface area (Å²) < 4.78 is 2.24. The molecule has 1 aromatic carbocycles. The van der Waals surface area contributed by atoms with Crippen LogP contribution in [0, 0.1) is 5.92 Å². The lowest BCUT2D eigenvalue weighted by Crippen LogP contribution is -2.26. The summed E-state index contributed by atoms with van der Waals surface area (Å²) in [6.07, 6.45) is 3.69. The second-order valence-electron chi connectivity index (χ2n) is 5.37. The topological polar surface area (TPSA) is 34.0 Å². The number of rotatable bonds is 6. The Labute approximate surface area is 114 Å². The Morgan fingerprint density at radius 1 is 1.26 bits per heavy atom. The van der Waals surface area contributed by atoms with Crippen LogP contribution in [0.25, 0.3) is 10.9 Å². The van der Waals surface area contributed by atoms with Crippen molar-refractivity contribution in [1.29, 1.82) is 0 Å². The zero-order valence-electron chi connectivity index (χ0n) is 11.7. The van der Waals surface area contributed by atoms with Crippen molar-refractivity contribution < 1.29 is 4.79 Å². The molecule has 0 saturated carbocycles. The highest BCUT2D eigenvalue weighted by Gasteiger charge is 2.04. The summed E-state index contributed by atoms with van der Waals surface area (Å²) in [7, 11) is 0. The average Bonchev–Trinajstić information content (AvgIpc) is 2.77. The van der Waals surface area contributed by atoms with Crippen LogP contribution in [0.2, 0.25) is 0 Å². The summed E-state index contributed by atoms with van der Waals surface area (Å²) in [6, 6.07) is 10.5. The maximum atomic E-state index is 11.5. The van der Waals surface area contributed by atoms with Crippen molar-refractivity contribution in [3.05, 3.63) is 36.5 Å². The van der Waals surface area contributed by atoms with Gasteiger partial charge in [0.2, 0.25) is 5.91 Å². The van der Waals surface area contributed by atoms with Crippen LogP contribution in [0.3, 0.4) is 0 Å². The van der Waals surface area contributed by atoms with Crippen LogP contribution in [-0.4, -0.2) is 17.0 Å². The van der Waals surface area contributed by atoms with Gasteiger partial charge >= 0.3 is 0 Å². The van der Waals surface area contributed by atoms with Gasteiger partial charge in [-0.2, -0.15) is 0 Å². The van der Waals surface area contributed by atoms with Gasteiger partial charge in [-0.3, -0.25) is 4.79 Å². The first-order valence-electron chi connectivity index (χ1n) is 6.97. The zero-order chi connectivity index (χ0) is 13.7. The van der Waals surface area contributed by atoms with Crippen LogP contribution >= 0.6 is 0 Å². The number of para-hydroxylation sites is 1. The number of carbonyl (C=O) groups is 1. The Bertz CT molecular complexity index is 542. The molecule has 102 valence electrons. The molecule has 3 heteroatoms. The monoisotopic (exact) mass is 258 g/mol. The highest BCUT2D eigenvalue weighted by Crippen LogP contribution is 2.15. The summed E-state index contributed by atoms with van der Waals surface area (Å²) >= 11 is 0. The van der Waals surface area contributed by atoms with Gasteiger partial charge in [0, 0.05) is 31.2 Å². The Morgan fingerprint density at radius 2 is 2.05 bits per heavy atom. The molecular formula is C16H22N2O. The molecule has 2 rings (SSSR count). The van der Waals surface area contributed by atoms with Crippen LogP contribution in [0.4, 0.5) is 0 Å². The van der Waals surface area contributed by atoms with E-state index in [0.717, 1.165) is 19.5 Å². The first-order valence-corrected chi connectivity index (χ1v) is 6.97. The van der Waals surface area contributed by atoms with Crippen molar-refractivity contribution in [2.24, 2.45) is 5.92 Å². The molecule has 0 bridgehead atoms. The molecule has 0 radical (unpaired) electrons. The van der Waals surface area contributed by atoms with Crippen LogP contribution < -0.4 is 5.32 Å². The fourth-order valence-corrected chi connectivity index (χ4v) is 2.26. The molecular weight excluding hydrogens is 236 g/mol. The first kappa shape index (κ1) is 13.7. The standard InChI is InChI=1S/C16H22N2O/c1-13(2)12-16(19)17-9-5-10-18-11-8-14-6-3-4-7-15(14)18/h3-4,6-8,11,13H,5,9-10,12H2,1-2H3,(H,17,19). The summed E-state index contributed by atoms with van der Waals surface area (Å²) in [4.78, 5) is 11.5. The lowest BCUT2D eigenvalue weighted by Gasteiger charge is -2.08. The summed E-state index contributed by atoms with van der Waals surface area (Å²) in [5, 5.41) is 4.24. The molecule has 1 N–H and O–H groups in total. The summed E-state index contributed by atoms with van der Waals surface area (Å²) in [6.45, 7) is 5.81. The number of hydrogen-bond donors (Lipinski definition) is 1. The minimum Gasteiger partial charge on any atom is -0.356 e. The quantitative estimate of drug-likeness (QED) is 0.793. The molecule has 2 aromatic rings. The van der Waals surface area contributed by atoms with Crippen LogP contribution in [-0.2, 0) is 11.3 Å². The van der Waals surface area contributed by atoms with E-state index in [4.69, 9.17) is 0 Å². The average molecular weight is 258 g/mol. The third-order valence-electron chi connectivity index (χ3n) is 3.17. The molecule has 1 aromatic heterocycles. The van der Waals surface area contributed by atoms with Gasteiger partial charge in [0.05, 0.1) is 0 Å². The van der Waals surface area contributed by atoms with Gasteiger partial charge in [0.1, 0.15) is 0 Å². The van der Waals surface area contributed by atoms with Crippen LogP contribution in [0.15, 0.2) is 36.5 Å². The Balaban J connectivity index is 1.78. The van der Waals surface area contributed by atoms with E-state index in [1.54, 1.807) is 0 Å². The number of fused-ring (bicyclic) bond motifs is 1. The molecule has 1 heterocycles. The van der Waals surface area contributed by atoms with E-state index < -0.39 is 0 Å². The molecule has 19 heavy (non-hydrogen) atoms. The third-order valence-corrected chi connectivity index (χ3v) is 3.17. The van der Waals surface area contributed by atoms with Crippen molar-refractivity contribution in [1.82, 2.24) is 9.88 Å². The Hall–Kier alpha value is -1.77. The van der Waals surface area contributed by atoms with Crippen LogP contribution in [0.5, 0.6) is 0 Å². The van der Waals surface area contributed by atoms with Crippen molar-refractivity contribution >= 4 is 16.8 Å². The number of carbonyl (C=O) groups excluding carboxylic acids is 1. The molecule has 0 aliphatic carbocycles. The smallest absolute Gasteiger partial charge is 0.220 e. The van der Waals surface area contributed by atoms with Crippen molar-refractivity contribution in [3.63, 3.8) is 0 Å². The number of benzene rings is 1. The van der Waals surface area contributed by atoms with Crippen molar-refractivity contribution in [2.45, 2.75) is 33.2 Å². The van der Waals surface area contributed by atoms with E-state index in [2.05, 4.69) is 60.3 Å². The third kappa shape index (κ3) is 3.85. The van der Waals surface area contributed by atoms with E-state index in [1.165, 1.54) is 10.9 Å². The largest absolute Gasteiger partial charge is 0.356 e. The van der Waals surface area contributed by atoms with Gasteiger partial charge in [-0.1, -0.05) is 32.0 Å². The number of amides is 1. The summed E-state index contributed by atoms with van der Waals surface area (Å²) in [5.41, 5.74) is 1.26. The van der Waals surface area contributed by atoms with Crippen molar-refractivity contribution in [2.75, 3.05) is 6.54 Å². The summed E-state index contributed by atoms with van der Waals surface area (Å²) in [5.74, 6) is 0.584. The highest BCUT2D eigenvalue weighted by atomic mass is 16.1. The lowest BCUT2D eigenvalue weighted by molar-refractivity contribution is -0.121. The number of hydrogen-bond acceptors (Lipinski definition) is 1. The predicted molar refractivity (Wildman–Crippen MR) is 79.0 cm³/mol. The highest BCUT2D eigenvalue weighted by molar-refractivity contribution is 5.79. The van der Waals surface area contributed by atoms with Crippen molar-refractivity contribution in [3.8, 4) is 0 Å². The van der Waals surface area contributed by atoms with E-state index >= 15 is 0 Å². The van der Waals surface area contributed by atoms with Crippen LogP contribution in [0.1, 0.15) is 26.7 Å². The van der Waals surface area contributed by atoms with E-state index in [9.17, 15) is 4.79 Å². The fraction of sp³-hybridized carbons (Fsp3) is 0.438. The SMILES string of the molecule is CC(C)CC(=O)NCCCn1ccc2ccccc21. The number of nitrogens with zero attached hydrogens (tertiary/aromatic N) is 1. The first-order chi connectivity index (χ1) is 9.16. The minimum absolute atomic E-state index is 0.160. The van der Waals surface area contributed by atoms with Gasteiger partial charge < -0.3 is 9.88 Å². The van der Waals surface area contributed by atoms with Gasteiger partial charge in [-0.05, 0) is 29.9 Å². The fourth-order valence-electron chi connectivity index (χ4n) is 2.26. The molecule has 0 fully saturated rings. The molecule has 0 atom stereocenters. The molecule has 0 saturated heterocycles. The number of nitrogens with one attached hydrogen (secondary N) is 1.